The number of nitrogens with one attached hydrogen (secondary N) is 1. The number of anilines is 1. The summed E-state index contributed by atoms with van der Waals surface area (Å²) in [5.74, 6) is 2.04. The first-order valence-electron chi connectivity index (χ1n) is 8.34. The molecule has 2 aromatic rings. The summed E-state index contributed by atoms with van der Waals surface area (Å²) in [5.41, 5.74) is 4.18. The molecule has 5 rings (SSSR count). The normalized spacial score (nSPS) is 20.4. The van der Waals surface area contributed by atoms with Crippen molar-refractivity contribution in [3.8, 4) is 0 Å². The summed E-state index contributed by atoms with van der Waals surface area (Å²) in [5, 5.41) is 7.69. The lowest BCUT2D eigenvalue weighted by molar-refractivity contribution is 0.194. The van der Waals surface area contributed by atoms with Crippen molar-refractivity contribution in [1.29, 1.82) is 0 Å². The molecule has 0 aromatic carbocycles. The van der Waals surface area contributed by atoms with Crippen molar-refractivity contribution in [2.24, 2.45) is 0 Å². The average molecular weight is 329 g/mol. The molecule has 3 heterocycles. The number of rotatable bonds is 3. The number of hydrogen-bond acceptors (Lipinski definition) is 4. The topological polar surface area (TPSA) is 63.1 Å². The molecule has 6 nitrogen and oxygen atoms in total. The lowest BCUT2D eigenvalue weighted by atomic mass is 10.2. The first-order chi connectivity index (χ1) is 11.3. The maximum Gasteiger partial charge on any atom is 0.323 e. The van der Waals surface area contributed by atoms with Gasteiger partial charge in [-0.05, 0) is 37.7 Å². The SMILES string of the molecule is O=C(Nc1ncsc1C1CC1)N1CCn2nc(C3CC3)cc2C1. The van der Waals surface area contributed by atoms with Crippen LogP contribution in [-0.2, 0) is 13.1 Å². The van der Waals surface area contributed by atoms with E-state index in [0.717, 1.165) is 18.1 Å². The Morgan fingerprint density at radius 3 is 2.83 bits per heavy atom. The van der Waals surface area contributed by atoms with Crippen LogP contribution >= 0.6 is 11.3 Å². The Morgan fingerprint density at radius 2 is 2.04 bits per heavy atom. The van der Waals surface area contributed by atoms with Gasteiger partial charge in [-0.1, -0.05) is 0 Å². The Kier molecular flexibility index (Phi) is 2.98. The summed E-state index contributed by atoms with van der Waals surface area (Å²) < 4.78 is 2.07. The monoisotopic (exact) mass is 329 g/mol. The van der Waals surface area contributed by atoms with Gasteiger partial charge in [-0.2, -0.15) is 5.10 Å². The molecule has 1 aliphatic heterocycles. The van der Waals surface area contributed by atoms with Crippen molar-refractivity contribution in [2.45, 2.75) is 50.6 Å². The standard InChI is InChI=1S/C16H19N5OS/c22-16(18-15-14(11-3-4-11)23-9-17-15)20-5-6-21-12(8-20)7-13(19-21)10-1-2-10/h7,9-11H,1-6,8H2,(H,18,22). The summed E-state index contributed by atoms with van der Waals surface area (Å²) in [4.78, 5) is 20.0. The van der Waals surface area contributed by atoms with E-state index in [2.05, 4.69) is 26.1 Å². The highest BCUT2D eigenvalue weighted by Crippen LogP contribution is 2.45. The summed E-state index contributed by atoms with van der Waals surface area (Å²) in [6.07, 6.45) is 4.96. The van der Waals surface area contributed by atoms with Crippen molar-refractivity contribution in [3.63, 3.8) is 0 Å². The Bertz CT molecular complexity index is 758. The molecule has 0 saturated heterocycles. The highest BCUT2D eigenvalue weighted by molar-refractivity contribution is 7.10. The highest BCUT2D eigenvalue weighted by Gasteiger charge is 2.31. The lowest BCUT2D eigenvalue weighted by Crippen LogP contribution is -2.41. The first kappa shape index (κ1) is 13.5. The predicted molar refractivity (Wildman–Crippen MR) is 87.7 cm³/mol. The maximum atomic E-state index is 12.6. The quantitative estimate of drug-likeness (QED) is 0.941. The molecule has 0 bridgehead atoms. The van der Waals surface area contributed by atoms with E-state index in [-0.39, 0.29) is 6.03 Å². The van der Waals surface area contributed by atoms with E-state index in [1.807, 2.05) is 10.4 Å². The van der Waals surface area contributed by atoms with Crippen molar-refractivity contribution in [2.75, 3.05) is 11.9 Å². The molecule has 0 atom stereocenters. The smallest absolute Gasteiger partial charge is 0.317 e. The second-order valence-electron chi connectivity index (χ2n) is 6.75. The molecule has 2 saturated carbocycles. The van der Waals surface area contributed by atoms with Crippen LogP contribution in [0.5, 0.6) is 0 Å². The fourth-order valence-corrected chi connectivity index (χ4v) is 4.12. The Hall–Kier alpha value is -1.89. The van der Waals surface area contributed by atoms with E-state index in [4.69, 9.17) is 0 Å². The number of carbonyl (C=O) groups is 1. The number of carbonyl (C=O) groups excluding carboxylic acids is 1. The summed E-state index contributed by atoms with van der Waals surface area (Å²) in [6.45, 7) is 2.12. The Morgan fingerprint density at radius 1 is 1.22 bits per heavy atom. The van der Waals surface area contributed by atoms with Crippen LogP contribution in [0.2, 0.25) is 0 Å². The van der Waals surface area contributed by atoms with Crippen LogP contribution in [0.15, 0.2) is 11.6 Å². The lowest BCUT2D eigenvalue weighted by Gasteiger charge is -2.27. The fourth-order valence-electron chi connectivity index (χ4n) is 3.21. The van der Waals surface area contributed by atoms with E-state index in [9.17, 15) is 4.79 Å². The van der Waals surface area contributed by atoms with Crippen LogP contribution in [0.4, 0.5) is 10.6 Å². The summed E-state index contributed by atoms with van der Waals surface area (Å²) >= 11 is 1.65. The molecule has 2 aliphatic carbocycles. The van der Waals surface area contributed by atoms with Gasteiger partial charge in [0.2, 0.25) is 0 Å². The van der Waals surface area contributed by atoms with Gasteiger partial charge in [-0.25, -0.2) is 9.78 Å². The van der Waals surface area contributed by atoms with Gasteiger partial charge in [0.1, 0.15) is 5.82 Å². The van der Waals surface area contributed by atoms with Crippen LogP contribution in [0.25, 0.3) is 0 Å². The minimum Gasteiger partial charge on any atom is -0.317 e. The Balaban J connectivity index is 1.29. The van der Waals surface area contributed by atoms with Crippen LogP contribution in [0, 0.1) is 0 Å². The van der Waals surface area contributed by atoms with Gasteiger partial charge in [0, 0.05) is 12.5 Å². The molecule has 2 aromatic heterocycles. The number of amides is 2. The van der Waals surface area contributed by atoms with Crippen LogP contribution in [0.1, 0.15) is 53.8 Å². The minimum atomic E-state index is -0.0433. The van der Waals surface area contributed by atoms with Gasteiger partial charge in [0.05, 0.1) is 34.9 Å². The third-order valence-corrected chi connectivity index (χ3v) is 5.86. The minimum absolute atomic E-state index is 0.0433. The van der Waals surface area contributed by atoms with E-state index in [0.29, 0.717) is 24.9 Å². The number of urea groups is 1. The van der Waals surface area contributed by atoms with Crippen LogP contribution in [-0.4, -0.2) is 32.2 Å². The number of thiazole rings is 1. The zero-order valence-electron chi connectivity index (χ0n) is 12.9. The van der Waals surface area contributed by atoms with Gasteiger partial charge in [0.25, 0.3) is 0 Å². The largest absolute Gasteiger partial charge is 0.323 e. The van der Waals surface area contributed by atoms with Gasteiger partial charge < -0.3 is 4.90 Å². The van der Waals surface area contributed by atoms with Gasteiger partial charge in [0.15, 0.2) is 0 Å². The fraction of sp³-hybridized carbons (Fsp3) is 0.562. The molecular weight excluding hydrogens is 310 g/mol. The van der Waals surface area contributed by atoms with Gasteiger partial charge in [-0.3, -0.25) is 10.00 Å². The molecular formula is C16H19N5OS. The molecule has 2 fully saturated rings. The van der Waals surface area contributed by atoms with Gasteiger partial charge >= 0.3 is 6.03 Å². The van der Waals surface area contributed by atoms with E-state index < -0.39 is 0 Å². The van der Waals surface area contributed by atoms with Gasteiger partial charge in [-0.15, -0.1) is 11.3 Å². The molecule has 120 valence electrons. The number of aromatic nitrogens is 3. The van der Waals surface area contributed by atoms with Crippen molar-refractivity contribution >= 4 is 23.2 Å². The molecule has 7 heteroatoms. The molecule has 0 spiro atoms. The number of nitrogens with zero attached hydrogens (tertiary/aromatic N) is 4. The summed E-state index contributed by atoms with van der Waals surface area (Å²) in [7, 11) is 0. The summed E-state index contributed by atoms with van der Waals surface area (Å²) in [6, 6.07) is 2.13. The maximum absolute atomic E-state index is 12.6. The molecule has 23 heavy (non-hydrogen) atoms. The first-order valence-corrected chi connectivity index (χ1v) is 9.22. The Labute approximate surface area is 138 Å². The molecule has 0 unspecified atom stereocenters. The van der Waals surface area contributed by atoms with Crippen LogP contribution in [0.3, 0.4) is 0 Å². The number of hydrogen-bond donors (Lipinski definition) is 1. The zero-order chi connectivity index (χ0) is 15.4. The molecule has 0 radical (unpaired) electrons. The average Bonchev–Trinajstić information content (AvgIpc) is 3.49. The van der Waals surface area contributed by atoms with E-state index in [1.165, 1.54) is 36.3 Å². The zero-order valence-corrected chi connectivity index (χ0v) is 13.7. The second-order valence-corrected chi connectivity index (χ2v) is 7.64. The molecule has 3 aliphatic rings. The third-order valence-electron chi connectivity index (χ3n) is 4.87. The van der Waals surface area contributed by atoms with Crippen molar-refractivity contribution in [3.05, 3.63) is 27.8 Å². The third kappa shape index (κ3) is 2.52. The van der Waals surface area contributed by atoms with E-state index >= 15 is 0 Å². The molecule has 2 amide bonds. The van der Waals surface area contributed by atoms with Crippen LogP contribution < -0.4 is 5.32 Å². The van der Waals surface area contributed by atoms with Crippen molar-refractivity contribution in [1.82, 2.24) is 19.7 Å². The number of fused-ring (bicyclic) bond motifs is 1. The second kappa shape index (κ2) is 5.06. The van der Waals surface area contributed by atoms with E-state index in [1.54, 1.807) is 11.3 Å². The molecule has 1 N–H and O–H groups in total. The predicted octanol–water partition coefficient (Wildman–Crippen LogP) is 3.14. The van der Waals surface area contributed by atoms with Crippen molar-refractivity contribution < 1.29 is 4.79 Å². The highest BCUT2D eigenvalue weighted by atomic mass is 32.1.